The van der Waals surface area contributed by atoms with Gasteiger partial charge in [-0.05, 0) is 81.9 Å². The number of nitrogens with zero attached hydrogens (tertiary/aromatic N) is 4. The molecule has 0 fully saturated rings. The number of benzene rings is 8. The smallest absolute Gasteiger partial charge is 0.164 e. The maximum absolute atomic E-state index is 4.97. The molecule has 4 nitrogen and oxygen atoms in total. The zero-order chi connectivity index (χ0) is 36.6. The Kier molecular flexibility index (Phi) is 8.12. The van der Waals surface area contributed by atoms with E-state index >= 15 is 0 Å². The fourth-order valence-corrected chi connectivity index (χ4v) is 7.54. The zero-order valence-electron chi connectivity index (χ0n) is 29.9. The van der Waals surface area contributed by atoms with Gasteiger partial charge in [0.05, 0.1) is 11.0 Å². The molecule has 0 amide bonds. The van der Waals surface area contributed by atoms with Crippen molar-refractivity contribution in [3.05, 3.63) is 206 Å². The number of aromatic nitrogens is 4. The molecule has 2 heterocycles. The van der Waals surface area contributed by atoms with Gasteiger partial charge in [-0.15, -0.1) is 0 Å². The first-order valence-corrected chi connectivity index (χ1v) is 18.5. The minimum Gasteiger partial charge on any atom is -0.309 e. The fraction of sp³-hybridized carbons (Fsp3) is 0. The van der Waals surface area contributed by atoms with Gasteiger partial charge < -0.3 is 4.57 Å². The molecule has 55 heavy (non-hydrogen) atoms. The first-order valence-electron chi connectivity index (χ1n) is 18.5. The van der Waals surface area contributed by atoms with Crippen LogP contribution in [0.1, 0.15) is 0 Å². The van der Waals surface area contributed by atoms with Crippen molar-refractivity contribution in [2.45, 2.75) is 0 Å². The monoisotopic (exact) mass is 702 g/mol. The van der Waals surface area contributed by atoms with Crippen molar-refractivity contribution in [1.82, 2.24) is 19.5 Å². The van der Waals surface area contributed by atoms with E-state index in [0.717, 1.165) is 39.1 Å². The molecule has 10 aromatic rings. The molecule has 8 aromatic carbocycles. The third kappa shape index (κ3) is 6.16. The van der Waals surface area contributed by atoms with E-state index in [1.807, 2.05) is 60.7 Å². The van der Waals surface area contributed by atoms with E-state index in [4.69, 9.17) is 15.0 Å². The molecule has 0 radical (unpaired) electrons. The second-order valence-corrected chi connectivity index (χ2v) is 13.7. The fourth-order valence-electron chi connectivity index (χ4n) is 7.54. The average Bonchev–Trinajstić information content (AvgIpc) is 3.61. The van der Waals surface area contributed by atoms with E-state index in [2.05, 4.69) is 150 Å². The highest BCUT2D eigenvalue weighted by molar-refractivity contribution is 6.10. The lowest BCUT2D eigenvalue weighted by atomic mass is 9.95. The van der Waals surface area contributed by atoms with Gasteiger partial charge in [0.1, 0.15) is 0 Å². The Morgan fingerprint density at radius 3 is 1.18 bits per heavy atom. The normalized spacial score (nSPS) is 11.3. The highest BCUT2D eigenvalue weighted by atomic mass is 15.0. The Balaban J connectivity index is 1.01. The first-order chi connectivity index (χ1) is 27.2. The van der Waals surface area contributed by atoms with Crippen molar-refractivity contribution < 1.29 is 0 Å². The summed E-state index contributed by atoms with van der Waals surface area (Å²) < 4.78 is 2.36. The largest absolute Gasteiger partial charge is 0.309 e. The van der Waals surface area contributed by atoms with Crippen LogP contribution in [-0.2, 0) is 0 Å². The van der Waals surface area contributed by atoms with E-state index < -0.39 is 0 Å². The Labute approximate surface area is 319 Å². The summed E-state index contributed by atoms with van der Waals surface area (Å²) in [4.78, 5) is 14.8. The quantitative estimate of drug-likeness (QED) is 0.166. The Hall–Kier alpha value is -7.43. The van der Waals surface area contributed by atoms with Gasteiger partial charge in [-0.2, -0.15) is 0 Å². The van der Waals surface area contributed by atoms with E-state index in [9.17, 15) is 0 Å². The number of para-hydroxylation sites is 2. The number of hydrogen-bond donors (Lipinski definition) is 0. The van der Waals surface area contributed by atoms with Crippen LogP contribution in [0, 0.1) is 0 Å². The van der Waals surface area contributed by atoms with Crippen molar-refractivity contribution in [2.75, 3.05) is 0 Å². The van der Waals surface area contributed by atoms with Gasteiger partial charge in [-0.25, -0.2) is 15.0 Å². The summed E-state index contributed by atoms with van der Waals surface area (Å²) in [5.41, 5.74) is 13.3. The molecule has 258 valence electrons. The minimum absolute atomic E-state index is 0.641. The predicted molar refractivity (Wildman–Crippen MR) is 227 cm³/mol. The van der Waals surface area contributed by atoms with E-state index in [1.165, 1.54) is 38.5 Å². The molecular formula is C51H34N4. The molecule has 10 rings (SSSR count). The molecular weight excluding hydrogens is 669 g/mol. The van der Waals surface area contributed by atoms with Crippen LogP contribution in [0.25, 0.3) is 95.0 Å². The third-order valence-electron chi connectivity index (χ3n) is 10.2. The Morgan fingerprint density at radius 1 is 0.255 bits per heavy atom. The predicted octanol–water partition coefficient (Wildman–Crippen LogP) is 13.0. The molecule has 0 saturated carbocycles. The summed E-state index contributed by atoms with van der Waals surface area (Å²) in [6.07, 6.45) is 0. The highest BCUT2D eigenvalue weighted by Gasteiger charge is 2.15. The van der Waals surface area contributed by atoms with Gasteiger partial charge in [-0.3, -0.25) is 0 Å². The first kappa shape index (κ1) is 32.2. The van der Waals surface area contributed by atoms with Gasteiger partial charge in [0, 0.05) is 33.2 Å². The van der Waals surface area contributed by atoms with Crippen LogP contribution in [0.3, 0.4) is 0 Å². The summed E-state index contributed by atoms with van der Waals surface area (Å²) in [6.45, 7) is 0. The molecule has 0 aliphatic carbocycles. The van der Waals surface area contributed by atoms with Crippen LogP contribution >= 0.6 is 0 Å². The Morgan fingerprint density at radius 2 is 0.636 bits per heavy atom. The second-order valence-electron chi connectivity index (χ2n) is 13.7. The maximum Gasteiger partial charge on any atom is 0.164 e. The highest BCUT2D eigenvalue weighted by Crippen LogP contribution is 2.37. The van der Waals surface area contributed by atoms with Crippen LogP contribution in [0.4, 0.5) is 0 Å². The average molecular weight is 703 g/mol. The lowest BCUT2D eigenvalue weighted by Crippen LogP contribution is -2.00. The number of rotatable bonds is 7. The lowest BCUT2D eigenvalue weighted by Gasteiger charge is -2.11. The minimum atomic E-state index is 0.641. The van der Waals surface area contributed by atoms with Gasteiger partial charge in [0.15, 0.2) is 17.5 Å². The third-order valence-corrected chi connectivity index (χ3v) is 10.2. The molecule has 0 unspecified atom stereocenters. The molecule has 0 aliphatic rings. The van der Waals surface area contributed by atoms with Gasteiger partial charge in [-0.1, -0.05) is 158 Å². The summed E-state index contributed by atoms with van der Waals surface area (Å²) in [6, 6.07) is 72.4. The van der Waals surface area contributed by atoms with Crippen molar-refractivity contribution in [2.24, 2.45) is 0 Å². The van der Waals surface area contributed by atoms with Crippen LogP contribution in [0.5, 0.6) is 0 Å². The Bertz CT molecular complexity index is 2910. The molecule has 0 saturated heterocycles. The molecule has 4 heteroatoms. The van der Waals surface area contributed by atoms with E-state index in [1.54, 1.807) is 0 Å². The maximum atomic E-state index is 4.97. The number of hydrogen-bond acceptors (Lipinski definition) is 3. The van der Waals surface area contributed by atoms with Gasteiger partial charge >= 0.3 is 0 Å². The molecule has 2 aromatic heterocycles. The van der Waals surface area contributed by atoms with Crippen molar-refractivity contribution >= 4 is 21.8 Å². The van der Waals surface area contributed by atoms with Crippen LogP contribution in [0.2, 0.25) is 0 Å². The topological polar surface area (TPSA) is 43.6 Å². The summed E-state index contributed by atoms with van der Waals surface area (Å²) in [7, 11) is 0. The second kappa shape index (κ2) is 13.8. The summed E-state index contributed by atoms with van der Waals surface area (Å²) in [5, 5.41) is 2.49. The lowest BCUT2D eigenvalue weighted by molar-refractivity contribution is 1.07. The summed E-state index contributed by atoms with van der Waals surface area (Å²) in [5.74, 6) is 1.94. The van der Waals surface area contributed by atoms with Crippen LogP contribution in [-0.4, -0.2) is 19.5 Å². The van der Waals surface area contributed by atoms with Gasteiger partial charge in [0.25, 0.3) is 0 Å². The van der Waals surface area contributed by atoms with Crippen molar-refractivity contribution in [3.63, 3.8) is 0 Å². The molecule has 0 atom stereocenters. The van der Waals surface area contributed by atoms with Crippen LogP contribution in [0.15, 0.2) is 206 Å². The molecule has 0 N–H and O–H groups in total. The standard InChI is InChI=1S/C51H34N4/c1-4-15-35(16-5-1)49-52-50(36-17-6-2-7-18-36)54-51(53-49)43-24-14-23-41(33-43)39-21-12-19-37(31-39)38-20-13-22-40(32-38)42-29-30-48-46(34-42)45-27-10-11-28-47(45)55(48)44-25-8-3-9-26-44/h1-34H. The SMILES string of the molecule is c1ccc(-c2nc(-c3ccccc3)nc(-c3cccc(-c4cccc(-c5cccc(-c6ccc7c(c6)c6ccccc6n7-c6ccccc6)c5)c4)c3)n2)cc1. The number of fused-ring (bicyclic) bond motifs is 3. The molecule has 0 bridgehead atoms. The van der Waals surface area contributed by atoms with Crippen molar-refractivity contribution in [3.8, 4) is 73.2 Å². The molecule has 0 aliphatic heterocycles. The molecule has 0 spiro atoms. The zero-order valence-corrected chi connectivity index (χ0v) is 29.9. The van der Waals surface area contributed by atoms with E-state index in [0.29, 0.717) is 17.5 Å². The van der Waals surface area contributed by atoms with Gasteiger partial charge in [0.2, 0.25) is 0 Å². The van der Waals surface area contributed by atoms with Crippen molar-refractivity contribution in [1.29, 1.82) is 0 Å². The van der Waals surface area contributed by atoms with Crippen LogP contribution < -0.4 is 0 Å². The van der Waals surface area contributed by atoms with E-state index in [-0.39, 0.29) is 0 Å². The summed E-state index contributed by atoms with van der Waals surface area (Å²) >= 11 is 0.